The van der Waals surface area contributed by atoms with Crippen molar-refractivity contribution < 1.29 is 13.5 Å². The summed E-state index contributed by atoms with van der Waals surface area (Å²) >= 11 is 0. The van der Waals surface area contributed by atoms with E-state index < -0.39 is 11.6 Å². The molecule has 7 nitrogen and oxygen atoms in total. The lowest BCUT2D eigenvalue weighted by atomic mass is 10.1. The summed E-state index contributed by atoms with van der Waals surface area (Å²) in [6.45, 7) is 7.16. The molecule has 33 heavy (non-hydrogen) atoms. The van der Waals surface area contributed by atoms with Gasteiger partial charge in [-0.25, -0.2) is 23.7 Å². The van der Waals surface area contributed by atoms with Gasteiger partial charge in [-0.05, 0) is 50.6 Å². The Morgan fingerprint density at radius 2 is 1.79 bits per heavy atom. The molecule has 9 heteroatoms. The van der Waals surface area contributed by atoms with Gasteiger partial charge in [-0.3, -0.25) is 4.98 Å². The van der Waals surface area contributed by atoms with Crippen LogP contribution in [0.3, 0.4) is 0 Å². The van der Waals surface area contributed by atoms with Crippen molar-refractivity contribution in [2.45, 2.75) is 26.9 Å². The Morgan fingerprint density at radius 1 is 0.970 bits per heavy atom. The highest BCUT2D eigenvalue weighted by Crippen LogP contribution is 2.31. The maximum Gasteiger partial charge on any atom is 0.228 e. The molecule has 4 heterocycles. The molecular weight excluding hydrogens is 426 g/mol. The minimum atomic E-state index is -0.715. The van der Waals surface area contributed by atoms with Crippen LogP contribution < -0.4 is 4.90 Å². The Morgan fingerprint density at radius 3 is 2.58 bits per heavy atom. The molecular formula is C24H22F2N6O. The van der Waals surface area contributed by atoms with Gasteiger partial charge in [-0.2, -0.15) is 4.98 Å². The number of benzene rings is 1. The first-order valence-electron chi connectivity index (χ1n) is 10.7. The Labute approximate surface area is 189 Å². The summed E-state index contributed by atoms with van der Waals surface area (Å²) in [5, 5.41) is 0. The number of hydrogen-bond donors (Lipinski definition) is 0. The number of pyridine rings is 1. The molecule has 0 bridgehead atoms. The average molecular weight is 448 g/mol. The minimum absolute atomic E-state index is 0.150. The third-order valence-electron chi connectivity index (χ3n) is 5.76. The fraction of sp³-hybridized carbons (Fsp3) is 0.292. The third kappa shape index (κ3) is 4.11. The van der Waals surface area contributed by atoms with Crippen LogP contribution in [0.15, 0.2) is 36.5 Å². The molecule has 1 aromatic carbocycles. The molecule has 0 N–H and O–H groups in total. The molecule has 0 aliphatic carbocycles. The van der Waals surface area contributed by atoms with E-state index in [2.05, 4.69) is 24.9 Å². The molecule has 5 rings (SSSR count). The zero-order valence-corrected chi connectivity index (χ0v) is 18.5. The van der Waals surface area contributed by atoms with Crippen molar-refractivity contribution in [1.29, 1.82) is 0 Å². The average Bonchev–Trinajstić information content (AvgIpc) is 2.80. The molecule has 1 atom stereocenters. The standard InChI is InChI=1S/C24H22F2N6O/c1-13-10-16(6-7-27-13)20-12-32(8-9-33-20)24-30-21(18-5-4-17(25)11-19(18)26)22-23(31-24)29-15(3)14(2)28-22/h4-7,10-11,20H,8-9,12H2,1-3H3. The SMILES string of the molecule is Cc1cc(C2CN(c3nc(-c4ccc(F)cc4F)c4nc(C)c(C)nc4n3)CCO2)ccn1. The van der Waals surface area contributed by atoms with E-state index >= 15 is 0 Å². The van der Waals surface area contributed by atoms with Gasteiger partial charge >= 0.3 is 0 Å². The normalized spacial score (nSPS) is 16.4. The van der Waals surface area contributed by atoms with Crippen molar-refractivity contribution in [2.24, 2.45) is 0 Å². The smallest absolute Gasteiger partial charge is 0.228 e. The van der Waals surface area contributed by atoms with Gasteiger partial charge in [-0.15, -0.1) is 0 Å². The Hall–Kier alpha value is -3.59. The summed E-state index contributed by atoms with van der Waals surface area (Å²) in [5.41, 5.74) is 4.52. The summed E-state index contributed by atoms with van der Waals surface area (Å²) in [7, 11) is 0. The van der Waals surface area contributed by atoms with Crippen LogP contribution in [-0.4, -0.2) is 44.6 Å². The number of fused-ring (bicyclic) bond motifs is 1. The van der Waals surface area contributed by atoms with E-state index in [0.717, 1.165) is 23.0 Å². The first-order chi connectivity index (χ1) is 15.9. The molecule has 1 saturated heterocycles. The highest BCUT2D eigenvalue weighted by molar-refractivity contribution is 5.88. The zero-order chi connectivity index (χ0) is 23.1. The molecule has 1 unspecified atom stereocenters. The number of hydrogen-bond acceptors (Lipinski definition) is 7. The van der Waals surface area contributed by atoms with Gasteiger partial charge < -0.3 is 9.64 Å². The lowest BCUT2D eigenvalue weighted by Crippen LogP contribution is -2.39. The van der Waals surface area contributed by atoms with Crippen LogP contribution in [0.25, 0.3) is 22.4 Å². The maximum absolute atomic E-state index is 14.8. The lowest BCUT2D eigenvalue weighted by molar-refractivity contribution is 0.0391. The quantitative estimate of drug-likeness (QED) is 0.463. The molecule has 0 spiro atoms. The minimum Gasteiger partial charge on any atom is -0.370 e. The van der Waals surface area contributed by atoms with E-state index in [1.807, 2.05) is 37.8 Å². The van der Waals surface area contributed by atoms with Gasteiger partial charge in [0.2, 0.25) is 5.95 Å². The maximum atomic E-state index is 14.8. The van der Waals surface area contributed by atoms with Crippen molar-refractivity contribution in [2.75, 3.05) is 24.6 Å². The summed E-state index contributed by atoms with van der Waals surface area (Å²) in [6, 6.07) is 7.34. The predicted molar refractivity (Wildman–Crippen MR) is 120 cm³/mol. The highest BCUT2D eigenvalue weighted by Gasteiger charge is 2.26. The van der Waals surface area contributed by atoms with E-state index in [-0.39, 0.29) is 17.4 Å². The summed E-state index contributed by atoms with van der Waals surface area (Å²) < 4.78 is 34.3. The second-order valence-corrected chi connectivity index (χ2v) is 8.10. The van der Waals surface area contributed by atoms with Crippen LogP contribution in [0.2, 0.25) is 0 Å². The fourth-order valence-corrected chi connectivity index (χ4v) is 3.91. The second kappa shape index (κ2) is 8.40. The molecule has 4 aromatic rings. The van der Waals surface area contributed by atoms with Crippen LogP contribution in [-0.2, 0) is 4.74 Å². The molecule has 1 aliphatic heterocycles. The monoisotopic (exact) mass is 448 g/mol. The van der Waals surface area contributed by atoms with Crippen LogP contribution in [0.4, 0.5) is 14.7 Å². The Kier molecular flexibility index (Phi) is 5.41. The summed E-state index contributed by atoms with van der Waals surface area (Å²) in [5.74, 6) is -0.970. The van der Waals surface area contributed by atoms with Crippen molar-refractivity contribution in [1.82, 2.24) is 24.9 Å². The van der Waals surface area contributed by atoms with Gasteiger partial charge in [0.1, 0.15) is 28.9 Å². The molecule has 3 aromatic heterocycles. The number of ether oxygens (including phenoxy) is 1. The summed E-state index contributed by atoms with van der Waals surface area (Å²) in [4.78, 5) is 24.7. The number of rotatable bonds is 3. The topological polar surface area (TPSA) is 76.9 Å². The first-order valence-corrected chi connectivity index (χ1v) is 10.7. The van der Waals surface area contributed by atoms with E-state index in [1.165, 1.54) is 12.1 Å². The number of aryl methyl sites for hydroxylation is 3. The van der Waals surface area contributed by atoms with E-state index in [0.29, 0.717) is 42.5 Å². The number of anilines is 1. The molecule has 0 amide bonds. The van der Waals surface area contributed by atoms with Gasteiger partial charge in [0.15, 0.2) is 5.65 Å². The highest BCUT2D eigenvalue weighted by atomic mass is 19.1. The number of halogens is 2. The van der Waals surface area contributed by atoms with Crippen LogP contribution in [0, 0.1) is 32.4 Å². The zero-order valence-electron chi connectivity index (χ0n) is 18.5. The summed E-state index contributed by atoms with van der Waals surface area (Å²) in [6.07, 6.45) is 1.58. The molecule has 1 fully saturated rings. The Bertz CT molecular complexity index is 1360. The van der Waals surface area contributed by atoms with Gasteiger partial charge in [0, 0.05) is 30.1 Å². The second-order valence-electron chi connectivity index (χ2n) is 8.10. The lowest BCUT2D eigenvalue weighted by Gasteiger charge is -2.33. The Balaban J connectivity index is 1.62. The van der Waals surface area contributed by atoms with Gasteiger partial charge in [0.05, 0.1) is 24.5 Å². The largest absolute Gasteiger partial charge is 0.370 e. The van der Waals surface area contributed by atoms with Crippen molar-refractivity contribution in [3.05, 3.63) is 70.8 Å². The number of aromatic nitrogens is 5. The van der Waals surface area contributed by atoms with Crippen LogP contribution in [0.5, 0.6) is 0 Å². The van der Waals surface area contributed by atoms with Crippen LogP contribution in [0.1, 0.15) is 28.7 Å². The van der Waals surface area contributed by atoms with E-state index in [1.54, 1.807) is 6.20 Å². The first kappa shape index (κ1) is 21.3. The van der Waals surface area contributed by atoms with E-state index in [9.17, 15) is 8.78 Å². The number of morpholine rings is 1. The van der Waals surface area contributed by atoms with Crippen molar-refractivity contribution >= 4 is 17.1 Å². The van der Waals surface area contributed by atoms with Gasteiger partial charge in [-0.1, -0.05) is 0 Å². The predicted octanol–water partition coefficient (Wildman–Crippen LogP) is 4.26. The molecule has 168 valence electrons. The fourth-order valence-electron chi connectivity index (χ4n) is 3.91. The number of nitrogens with zero attached hydrogens (tertiary/aromatic N) is 6. The van der Waals surface area contributed by atoms with E-state index in [4.69, 9.17) is 4.74 Å². The molecule has 1 aliphatic rings. The van der Waals surface area contributed by atoms with Gasteiger partial charge in [0.25, 0.3) is 0 Å². The van der Waals surface area contributed by atoms with Crippen molar-refractivity contribution in [3.8, 4) is 11.3 Å². The van der Waals surface area contributed by atoms with Crippen molar-refractivity contribution in [3.63, 3.8) is 0 Å². The third-order valence-corrected chi connectivity index (χ3v) is 5.76. The van der Waals surface area contributed by atoms with Crippen LogP contribution >= 0.6 is 0 Å². The molecule has 0 radical (unpaired) electrons. The molecule has 0 saturated carbocycles.